The highest BCUT2D eigenvalue weighted by atomic mass is 32.1. The zero-order valence-electron chi connectivity index (χ0n) is 15.7. The van der Waals surface area contributed by atoms with E-state index >= 15 is 0 Å². The standard InChI is InChI=1S/C20H20N2O2S2/c1-9-7-13(25-11(9)3)17-15-16(20(24)21(17)5)18(22(6)19(15)23)14-8-10(2)12(4)26-14/h7-8H,1-6H3. The van der Waals surface area contributed by atoms with E-state index in [2.05, 4.69) is 39.8 Å². The van der Waals surface area contributed by atoms with Crippen molar-refractivity contribution < 1.29 is 9.59 Å². The van der Waals surface area contributed by atoms with E-state index in [1.807, 2.05) is 0 Å². The van der Waals surface area contributed by atoms with Gasteiger partial charge in [-0.3, -0.25) is 9.59 Å². The van der Waals surface area contributed by atoms with Crippen LogP contribution in [0.1, 0.15) is 30.6 Å². The molecule has 2 aromatic heterocycles. The monoisotopic (exact) mass is 384 g/mol. The van der Waals surface area contributed by atoms with Crippen LogP contribution in [0.3, 0.4) is 0 Å². The second-order valence-corrected chi connectivity index (χ2v) is 9.39. The van der Waals surface area contributed by atoms with Crippen LogP contribution in [0, 0.1) is 27.7 Å². The molecule has 2 aliphatic rings. The SMILES string of the molecule is Cc1cc(C2=C3C(=O)N(C)C(c4cc(C)c(C)s4)=C3C(=O)N2C)sc1C. The largest absolute Gasteiger partial charge is 0.309 e. The van der Waals surface area contributed by atoms with Gasteiger partial charge in [-0.15, -0.1) is 22.7 Å². The highest BCUT2D eigenvalue weighted by molar-refractivity contribution is 7.13. The smallest absolute Gasteiger partial charge is 0.261 e. The predicted molar refractivity (Wildman–Crippen MR) is 107 cm³/mol. The van der Waals surface area contributed by atoms with Gasteiger partial charge < -0.3 is 9.80 Å². The molecular weight excluding hydrogens is 364 g/mol. The first kappa shape index (κ1) is 17.2. The van der Waals surface area contributed by atoms with Crippen LogP contribution in [-0.2, 0) is 9.59 Å². The minimum atomic E-state index is -0.102. The molecule has 2 aromatic rings. The molecule has 0 spiro atoms. The molecule has 0 aromatic carbocycles. The Labute approximate surface area is 161 Å². The van der Waals surface area contributed by atoms with Gasteiger partial charge in [0.15, 0.2) is 0 Å². The summed E-state index contributed by atoms with van der Waals surface area (Å²) in [7, 11) is 3.52. The number of likely N-dealkylation sites (N-methyl/N-ethyl adjacent to an activating group) is 2. The van der Waals surface area contributed by atoms with Crippen LogP contribution in [0.15, 0.2) is 23.3 Å². The van der Waals surface area contributed by atoms with Gasteiger partial charge in [-0.1, -0.05) is 0 Å². The molecule has 2 aliphatic heterocycles. The van der Waals surface area contributed by atoms with Gasteiger partial charge in [-0.25, -0.2) is 0 Å². The van der Waals surface area contributed by atoms with E-state index in [1.165, 1.54) is 20.9 Å². The fourth-order valence-corrected chi connectivity index (χ4v) is 5.73. The molecule has 0 bridgehead atoms. The summed E-state index contributed by atoms with van der Waals surface area (Å²) in [5.41, 5.74) is 4.92. The quantitative estimate of drug-likeness (QED) is 0.782. The number of hydrogen-bond donors (Lipinski definition) is 0. The molecule has 134 valence electrons. The minimum Gasteiger partial charge on any atom is -0.309 e. The van der Waals surface area contributed by atoms with Crippen molar-refractivity contribution in [3.8, 4) is 0 Å². The molecule has 0 unspecified atom stereocenters. The van der Waals surface area contributed by atoms with Crippen LogP contribution in [0.4, 0.5) is 0 Å². The molecule has 0 fully saturated rings. The highest BCUT2D eigenvalue weighted by Crippen LogP contribution is 2.47. The number of nitrogens with zero attached hydrogens (tertiary/aromatic N) is 2. The fourth-order valence-electron chi connectivity index (χ4n) is 3.48. The summed E-state index contributed by atoms with van der Waals surface area (Å²) >= 11 is 3.26. The maximum atomic E-state index is 13.1. The second kappa shape index (κ2) is 5.66. The van der Waals surface area contributed by atoms with E-state index in [9.17, 15) is 9.59 Å². The van der Waals surface area contributed by atoms with Gasteiger partial charge in [0.05, 0.1) is 32.3 Å². The number of hydrogen-bond acceptors (Lipinski definition) is 4. The van der Waals surface area contributed by atoms with Gasteiger partial charge >= 0.3 is 0 Å². The van der Waals surface area contributed by atoms with E-state index in [0.717, 1.165) is 21.1 Å². The molecule has 0 atom stereocenters. The van der Waals surface area contributed by atoms with Crippen LogP contribution in [0.5, 0.6) is 0 Å². The summed E-state index contributed by atoms with van der Waals surface area (Å²) in [5, 5.41) is 0. The number of aryl methyl sites for hydroxylation is 4. The normalized spacial score (nSPS) is 17.3. The summed E-state index contributed by atoms with van der Waals surface area (Å²) in [6.45, 7) is 8.24. The lowest BCUT2D eigenvalue weighted by Crippen LogP contribution is -2.24. The average molecular weight is 385 g/mol. The lowest BCUT2D eigenvalue weighted by atomic mass is 10.1. The van der Waals surface area contributed by atoms with Crippen molar-refractivity contribution in [2.75, 3.05) is 14.1 Å². The summed E-state index contributed by atoms with van der Waals surface area (Å²) in [6.07, 6.45) is 0. The summed E-state index contributed by atoms with van der Waals surface area (Å²) in [4.78, 5) is 33.8. The molecular formula is C20H20N2O2S2. The van der Waals surface area contributed by atoms with Crippen LogP contribution in [0.2, 0.25) is 0 Å². The lowest BCUT2D eigenvalue weighted by Gasteiger charge is -2.18. The Bertz CT molecular complexity index is 929. The first-order chi connectivity index (χ1) is 12.2. The third-order valence-corrected chi connectivity index (χ3v) is 7.55. The predicted octanol–water partition coefficient (Wildman–Crippen LogP) is 4.11. The summed E-state index contributed by atoms with van der Waals surface area (Å²) in [5.74, 6) is -0.203. The maximum Gasteiger partial charge on any atom is 0.261 e. The van der Waals surface area contributed by atoms with Crippen molar-refractivity contribution in [1.29, 1.82) is 0 Å². The number of carbonyl (C=O) groups excluding carboxylic acids is 2. The summed E-state index contributed by atoms with van der Waals surface area (Å²) in [6, 6.07) is 4.14. The van der Waals surface area contributed by atoms with E-state index in [-0.39, 0.29) is 11.8 Å². The Morgan fingerprint density at radius 1 is 0.692 bits per heavy atom. The third-order valence-electron chi connectivity index (χ3n) is 5.23. The van der Waals surface area contributed by atoms with Crippen molar-refractivity contribution in [2.24, 2.45) is 0 Å². The second-order valence-electron chi connectivity index (χ2n) is 6.88. The van der Waals surface area contributed by atoms with Gasteiger partial charge in [-0.2, -0.15) is 0 Å². The minimum absolute atomic E-state index is 0.102. The molecule has 0 saturated carbocycles. The molecule has 4 nitrogen and oxygen atoms in total. The van der Waals surface area contributed by atoms with Crippen molar-refractivity contribution in [1.82, 2.24) is 9.80 Å². The van der Waals surface area contributed by atoms with Gasteiger partial charge in [-0.05, 0) is 51.0 Å². The first-order valence-electron chi connectivity index (χ1n) is 8.42. The van der Waals surface area contributed by atoms with Crippen molar-refractivity contribution in [3.05, 3.63) is 53.9 Å². The Morgan fingerprint density at radius 3 is 1.31 bits per heavy atom. The lowest BCUT2D eigenvalue weighted by molar-refractivity contribution is -0.123. The van der Waals surface area contributed by atoms with Gasteiger partial charge in [0.2, 0.25) is 0 Å². The molecule has 4 rings (SSSR count). The Hall–Kier alpha value is -2.18. The molecule has 2 amide bonds. The summed E-state index contributed by atoms with van der Waals surface area (Å²) < 4.78 is 0. The number of fused-ring (bicyclic) bond motifs is 1. The Balaban J connectivity index is 2.00. The molecule has 4 heterocycles. The van der Waals surface area contributed by atoms with Crippen molar-refractivity contribution in [2.45, 2.75) is 27.7 Å². The molecule has 6 heteroatoms. The topological polar surface area (TPSA) is 40.6 Å². The third kappa shape index (κ3) is 2.18. The van der Waals surface area contributed by atoms with Crippen LogP contribution in [-0.4, -0.2) is 35.7 Å². The van der Waals surface area contributed by atoms with Gasteiger partial charge in [0.1, 0.15) is 0 Å². The molecule has 0 aliphatic carbocycles. The van der Waals surface area contributed by atoms with Crippen LogP contribution >= 0.6 is 22.7 Å². The number of amides is 2. The average Bonchev–Trinajstić information content (AvgIpc) is 3.23. The van der Waals surface area contributed by atoms with E-state index in [1.54, 1.807) is 46.6 Å². The zero-order chi connectivity index (χ0) is 18.9. The number of thiophene rings is 2. The maximum absolute atomic E-state index is 13.1. The highest BCUT2D eigenvalue weighted by Gasteiger charge is 2.47. The van der Waals surface area contributed by atoms with Gasteiger partial charge in [0.25, 0.3) is 11.8 Å². The Morgan fingerprint density at radius 2 is 1.04 bits per heavy atom. The van der Waals surface area contributed by atoms with E-state index < -0.39 is 0 Å². The fraction of sp³-hybridized carbons (Fsp3) is 0.300. The Kier molecular flexibility index (Phi) is 3.75. The molecule has 0 radical (unpaired) electrons. The van der Waals surface area contributed by atoms with E-state index in [0.29, 0.717) is 11.1 Å². The number of carbonyl (C=O) groups is 2. The van der Waals surface area contributed by atoms with Crippen LogP contribution in [0.25, 0.3) is 11.4 Å². The van der Waals surface area contributed by atoms with Gasteiger partial charge in [0, 0.05) is 23.8 Å². The number of rotatable bonds is 2. The van der Waals surface area contributed by atoms with Crippen molar-refractivity contribution in [3.63, 3.8) is 0 Å². The first-order valence-corrected chi connectivity index (χ1v) is 10.1. The molecule has 0 N–H and O–H groups in total. The molecule has 26 heavy (non-hydrogen) atoms. The van der Waals surface area contributed by atoms with Crippen LogP contribution < -0.4 is 0 Å². The molecule has 0 saturated heterocycles. The zero-order valence-corrected chi connectivity index (χ0v) is 17.3. The van der Waals surface area contributed by atoms with Crippen molar-refractivity contribution >= 4 is 45.9 Å². The van der Waals surface area contributed by atoms with E-state index in [4.69, 9.17) is 0 Å².